The topological polar surface area (TPSA) is 27.1 Å². The highest BCUT2D eigenvalue weighted by atomic mass is 79.9. The van der Waals surface area contributed by atoms with Gasteiger partial charge in [0.05, 0.1) is 12.8 Å². The maximum Gasteiger partial charge on any atom is 0.226 e. The molecular weight excluding hydrogens is 220 g/mol. The number of aryl methyl sites for hydroxylation is 1. The number of hydrogen-bond donors (Lipinski definition) is 0. The predicted octanol–water partition coefficient (Wildman–Crippen LogP) is 2.31. The summed E-state index contributed by atoms with van der Waals surface area (Å²) in [4.78, 5) is 0. The molecule has 0 atom stereocenters. The Morgan fingerprint density at radius 1 is 1.50 bits per heavy atom. The zero-order chi connectivity index (χ0) is 9.30. The van der Waals surface area contributed by atoms with Gasteiger partial charge >= 0.3 is 0 Å². The van der Waals surface area contributed by atoms with Crippen LogP contribution in [0.15, 0.2) is 4.47 Å². The second-order valence-electron chi connectivity index (χ2n) is 2.99. The van der Waals surface area contributed by atoms with Gasteiger partial charge in [-0.3, -0.25) is 0 Å². The fourth-order valence-electron chi connectivity index (χ4n) is 1.09. The Hall–Kier alpha value is -0.510. The predicted molar refractivity (Wildman–Crippen MR) is 51.5 cm³/mol. The number of ether oxygens (including phenoxy) is 1. The third-order valence-electron chi connectivity index (χ3n) is 1.70. The van der Waals surface area contributed by atoms with Crippen molar-refractivity contribution in [1.29, 1.82) is 0 Å². The Kier molecular flexibility index (Phi) is 2.77. The standard InChI is InChI=1S/C8H13BrN2O/c1-5(2)7-6(9)8(12-4)11(3)10-7/h5H,1-4H3. The maximum atomic E-state index is 5.16. The lowest BCUT2D eigenvalue weighted by Gasteiger charge is -1.99. The number of methoxy groups -OCH3 is 1. The smallest absolute Gasteiger partial charge is 0.226 e. The zero-order valence-electron chi connectivity index (χ0n) is 7.76. The van der Waals surface area contributed by atoms with E-state index in [1.807, 2.05) is 7.05 Å². The molecular formula is C8H13BrN2O. The summed E-state index contributed by atoms with van der Waals surface area (Å²) < 4.78 is 7.86. The lowest BCUT2D eigenvalue weighted by Crippen LogP contribution is -1.95. The van der Waals surface area contributed by atoms with Crippen LogP contribution in [0.5, 0.6) is 5.88 Å². The Morgan fingerprint density at radius 2 is 2.08 bits per heavy atom. The van der Waals surface area contributed by atoms with Crippen LogP contribution in [0.1, 0.15) is 25.5 Å². The van der Waals surface area contributed by atoms with E-state index < -0.39 is 0 Å². The fraction of sp³-hybridized carbons (Fsp3) is 0.625. The van der Waals surface area contributed by atoms with Crippen molar-refractivity contribution in [3.8, 4) is 5.88 Å². The van der Waals surface area contributed by atoms with E-state index >= 15 is 0 Å². The quantitative estimate of drug-likeness (QED) is 0.783. The number of aromatic nitrogens is 2. The van der Waals surface area contributed by atoms with Crippen molar-refractivity contribution in [3.63, 3.8) is 0 Å². The van der Waals surface area contributed by atoms with E-state index in [2.05, 4.69) is 34.9 Å². The molecule has 0 N–H and O–H groups in total. The SMILES string of the molecule is COc1c(Br)c(C(C)C)nn1C. The van der Waals surface area contributed by atoms with E-state index in [0.717, 1.165) is 16.0 Å². The Balaban J connectivity index is 3.17. The molecule has 0 spiro atoms. The summed E-state index contributed by atoms with van der Waals surface area (Å²) in [6.07, 6.45) is 0. The first-order chi connectivity index (χ1) is 5.57. The van der Waals surface area contributed by atoms with E-state index in [-0.39, 0.29) is 0 Å². The van der Waals surface area contributed by atoms with Crippen LogP contribution in [-0.4, -0.2) is 16.9 Å². The number of nitrogens with zero attached hydrogens (tertiary/aromatic N) is 2. The van der Waals surface area contributed by atoms with Crippen LogP contribution < -0.4 is 4.74 Å². The van der Waals surface area contributed by atoms with E-state index in [0.29, 0.717) is 5.92 Å². The number of halogens is 1. The van der Waals surface area contributed by atoms with Crippen molar-refractivity contribution >= 4 is 15.9 Å². The van der Waals surface area contributed by atoms with Crippen molar-refractivity contribution in [1.82, 2.24) is 9.78 Å². The van der Waals surface area contributed by atoms with Gasteiger partial charge in [-0.15, -0.1) is 0 Å². The van der Waals surface area contributed by atoms with E-state index in [1.165, 1.54) is 0 Å². The summed E-state index contributed by atoms with van der Waals surface area (Å²) in [7, 11) is 3.52. The Bertz CT molecular complexity index is 281. The van der Waals surface area contributed by atoms with Gasteiger partial charge in [-0.2, -0.15) is 5.10 Å². The van der Waals surface area contributed by atoms with Gasteiger partial charge in [0.1, 0.15) is 4.47 Å². The van der Waals surface area contributed by atoms with Crippen LogP contribution in [0.25, 0.3) is 0 Å². The third-order valence-corrected chi connectivity index (χ3v) is 2.45. The summed E-state index contributed by atoms with van der Waals surface area (Å²) in [6.45, 7) is 4.21. The molecule has 0 amide bonds. The third kappa shape index (κ3) is 1.48. The zero-order valence-corrected chi connectivity index (χ0v) is 9.34. The van der Waals surface area contributed by atoms with Crippen molar-refractivity contribution in [2.45, 2.75) is 19.8 Å². The lowest BCUT2D eigenvalue weighted by molar-refractivity contribution is 0.371. The molecule has 68 valence electrons. The Labute approximate surface area is 80.8 Å². The van der Waals surface area contributed by atoms with Gasteiger partial charge in [0, 0.05) is 7.05 Å². The Morgan fingerprint density at radius 3 is 2.33 bits per heavy atom. The summed E-state index contributed by atoms with van der Waals surface area (Å²) in [5.74, 6) is 1.19. The van der Waals surface area contributed by atoms with Gasteiger partial charge in [-0.05, 0) is 21.8 Å². The molecule has 1 aromatic rings. The first kappa shape index (κ1) is 9.58. The molecule has 1 aromatic heterocycles. The summed E-state index contributed by atoms with van der Waals surface area (Å²) in [5.41, 5.74) is 1.04. The normalized spacial score (nSPS) is 10.8. The van der Waals surface area contributed by atoms with E-state index in [9.17, 15) is 0 Å². The highest BCUT2D eigenvalue weighted by molar-refractivity contribution is 9.10. The molecule has 12 heavy (non-hydrogen) atoms. The fourth-order valence-corrected chi connectivity index (χ4v) is 2.05. The van der Waals surface area contributed by atoms with Gasteiger partial charge in [0.25, 0.3) is 0 Å². The molecule has 0 saturated carbocycles. The van der Waals surface area contributed by atoms with Crippen LogP contribution in [0, 0.1) is 0 Å². The van der Waals surface area contributed by atoms with Crippen molar-refractivity contribution in [2.75, 3.05) is 7.11 Å². The van der Waals surface area contributed by atoms with Crippen LogP contribution >= 0.6 is 15.9 Å². The molecule has 0 aliphatic heterocycles. The average Bonchev–Trinajstić information content (AvgIpc) is 2.27. The summed E-state index contributed by atoms with van der Waals surface area (Å²) in [6, 6.07) is 0. The first-order valence-electron chi connectivity index (χ1n) is 3.84. The molecule has 4 heteroatoms. The molecule has 0 bridgehead atoms. The van der Waals surface area contributed by atoms with Crippen LogP contribution in [-0.2, 0) is 7.05 Å². The van der Waals surface area contributed by atoms with Gasteiger partial charge in [-0.1, -0.05) is 13.8 Å². The van der Waals surface area contributed by atoms with Crippen LogP contribution in [0.3, 0.4) is 0 Å². The molecule has 0 aliphatic rings. The molecule has 0 unspecified atom stereocenters. The molecule has 1 rings (SSSR count). The number of hydrogen-bond acceptors (Lipinski definition) is 2. The monoisotopic (exact) mass is 232 g/mol. The minimum absolute atomic E-state index is 0.412. The summed E-state index contributed by atoms with van der Waals surface area (Å²) >= 11 is 3.45. The van der Waals surface area contributed by atoms with Crippen LogP contribution in [0.2, 0.25) is 0 Å². The second-order valence-corrected chi connectivity index (χ2v) is 3.78. The second kappa shape index (κ2) is 3.47. The highest BCUT2D eigenvalue weighted by Crippen LogP contribution is 2.31. The number of rotatable bonds is 2. The molecule has 0 fully saturated rings. The molecule has 0 radical (unpaired) electrons. The first-order valence-corrected chi connectivity index (χ1v) is 4.63. The van der Waals surface area contributed by atoms with Gasteiger partial charge in [0.2, 0.25) is 5.88 Å². The van der Waals surface area contributed by atoms with Crippen LogP contribution in [0.4, 0.5) is 0 Å². The summed E-state index contributed by atoms with van der Waals surface area (Å²) in [5, 5.41) is 4.33. The van der Waals surface area contributed by atoms with Gasteiger partial charge < -0.3 is 4.74 Å². The van der Waals surface area contributed by atoms with E-state index in [1.54, 1.807) is 11.8 Å². The van der Waals surface area contributed by atoms with E-state index in [4.69, 9.17) is 4.74 Å². The van der Waals surface area contributed by atoms with Gasteiger partial charge in [-0.25, -0.2) is 4.68 Å². The van der Waals surface area contributed by atoms with Gasteiger partial charge in [0.15, 0.2) is 0 Å². The minimum Gasteiger partial charge on any atom is -0.480 e. The average molecular weight is 233 g/mol. The minimum atomic E-state index is 0.412. The molecule has 0 aliphatic carbocycles. The maximum absolute atomic E-state index is 5.16. The molecule has 1 heterocycles. The lowest BCUT2D eigenvalue weighted by atomic mass is 10.1. The van der Waals surface area contributed by atoms with Crippen molar-refractivity contribution in [3.05, 3.63) is 10.2 Å². The largest absolute Gasteiger partial charge is 0.480 e. The highest BCUT2D eigenvalue weighted by Gasteiger charge is 2.16. The molecule has 0 aromatic carbocycles. The molecule has 0 saturated heterocycles. The van der Waals surface area contributed by atoms with Crippen molar-refractivity contribution in [2.24, 2.45) is 7.05 Å². The molecule has 3 nitrogen and oxygen atoms in total. The van der Waals surface area contributed by atoms with Crippen molar-refractivity contribution < 1.29 is 4.74 Å².